The third-order valence-electron chi connectivity index (χ3n) is 5.29. The maximum atomic E-state index is 14.1. The molecule has 1 aromatic rings. The first kappa shape index (κ1) is 22.1. The molecule has 1 aliphatic heterocycles. The Hall–Kier alpha value is -1.18. The van der Waals surface area contributed by atoms with Crippen LogP contribution in [0, 0.1) is 5.82 Å². The van der Waals surface area contributed by atoms with Crippen LogP contribution in [0.25, 0.3) is 0 Å². The molecule has 0 bridgehead atoms. The molecule has 0 aliphatic carbocycles. The first-order valence-corrected chi connectivity index (χ1v) is 11.7. The van der Waals surface area contributed by atoms with E-state index in [9.17, 15) is 12.8 Å². The summed E-state index contributed by atoms with van der Waals surface area (Å²) in [6, 6.07) is 4.98. The van der Waals surface area contributed by atoms with E-state index in [1.54, 1.807) is 12.1 Å². The molecule has 0 spiro atoms. The number of unbranched alkanes of at least 4 members (excludes halogenated alkanes) is 2. The fraction of sp³-hybridized carbons (Fsp3) is 0.700. The molecule has 5 nitrogen and oxygen atoms in total. The molecule has 1 saturated heterocycles. The third-order valence-corrected chi connectivity index (χ3v) is 7.21. The summed E-state index contributed by atoms with van der Waals surface area (Å²) in [5, 5.41) is 0. The van der Waals surface area contributed by atoms with Crippen LogP contribution in [-0.2, 0) is 9.84 Å². The minimum Gasteiger partial charge on any atom is -0.489 e. The van der Waals surface area contributed by atoms with E-state index in [4.69, 9.17) is 10.5 Å². The molecule has 1 aromatic carbocycles. The Morgan fingerprint density at radius 2 is 2.11 bits per heavy atom. The Kier molecular flexibility index (Phi) is 8.51. The molecule has 0 saturated carbocycles. The lowest BCUT2D eigenvalue weighted by Crippen LogP contribution is -2.30. The minimum atomic E-state index is -3.15. The molecule has 154 valence electrons. The first-order chi connectivity index (χ1) is 12.8. The molecule has 27 heavy (non-hydrogen) atoms. The van der Waals surface area contributed by atoms with Crippen molar-refractivity contribution in [2.75, 3.05) is 38.2 Å². The van der Waals surface area contributed by atoms with Crippen molar-refractivity contribution in [3.63, 3.8) is 0 Å². The molecule has 2 rings (SSSR count). The Morgan fingerprint density at radius 1 is 1.33 bits per heavy atom. The van der Waals surface area contributed by atoms with Gasteiger partial charge in [-0.1, -0.05) is 19.4 Å². The standard InChI is InChI=1S/C20H33FN2O3S/c1-16(15-27(24,25)12-5-3-4-10-22)17-8-9-19(21)20(13-17)26-14-18-7-6-11-23(18)2/h8-9,13,16,18H,3-7,10-12,14-15,22H2,1-2H3/t16-,18-/m0/s1. The average molecular weight is 401 g/mol. The van der Waals surface area contributed by atoms with Gasteiger partial charge in [-0.25, -0.2) is 12.8 Å². The van der Waals surface area contributed by atoms with Gasteiger partial charge in [0.05, 0.1) is 11.5 Å². The van der Waals surface area contributed by atoms with E-state index in [2.05, 4.69) is 4.90 Å². The highest BCUT2D eigenvalue weighted by Gasteiger charge is 2.22. The van der Waals surface area contributed by atoms with E-state index in [0.29, 0.717) is 25.6 Å². The number of likely N-dealkylation sites (N-methyl/N-ethyl adjacent to an activating group) is 1. The van der Waals surface area contributed by atoms with Gasteiger partial charge in [-0.15, -0.1) is 0 Å². The second kappa shape index (κ2) is 10.4. The fourth-order valence-corrected chi connectivity index (χ4v) is 5.28. The van der Waals surface area contributed by atoms with Crippen molar-refractivity contribution in [1.29, 1.82) is 0 Å². The number of halogens is 1. The fourth-order valence-electron chi connectivity index (χ4n) is 3.52. The van der Waals surface area contributed by atoms with Crippen LogP contribution in [0.5, 0.6) is 5.75 Å². The number of ether oxygens (including phenoxy) is 1. The number of benzene rings is 1. The van der Waals surface area contributed by atoms with Crippen LogP contribution < -0.4 is 10.5 Å². The van der Waals surface area contributed by atoms with E-state index in [0.717, 1.165) is 37.8 Å². The highest BCUT2D eigenvalue weighted by atomic mass is 32.2. The molecule has 0 aromatic heterocycles. The summed E-state index contributed by atoms with van der Waals surface area (Å²) in [5.74, 6) is -0.167. The zero-order valence-corrected chi connectivity index (χ0v) is 17.3. The van der Waals surface area contributed by atoms with E-state index >= 15 is 0 Å². The van der Waals surface area contributed by atoms with Crippen molar-refractivity contribution in [2.45, 2.75) is 51.0 Å². The topological polar surface area (TPSA) is 72.6 Å². The van der Waals surface area contributed by atoms with Crippen LogP contribution in [0.15, 0.2) is 18.2 Å². The van der Waals surface area contributed by atoms with Gasteiger partial charge < -0.3 is 15.4 Å². The zero-order chi connectivity index (χ0) is 19.9. The molecule has 7 heteroatoms. The predicted octanol–water partition coefficient (Wildman–Crippen LogP) is 2.95. The minimum absolute atomic E-state index is 0.0616. The van der Waals surface area contributed by atoms with Crippen LogP contribution in [0.2, 0.25) is 0 Å². The van der Waals surface area contributed by atoms with Crippen molar-refractivity contribution >= 4 is 9.84 Å². The summed E-state index contributed by atoms with van der Waals surface area (Å²) in [7, 11) is -1.10. The van der Waals surface area contributed by atoms with Crippen molar-refractivity contribution in [1.82, 2.24) is 4.90 Å². The summed E-state index contributed by atoms with van der Waals surface area (Å²) in [5.41, 5.74) is 6.23. The van der Waals surface area contributed by atoms with E-state index in [-0.39, 0.29) is 23.2 Å². The largest absolute Gasteiger partial charge is 0.489 e. The average Bonchev–Trinajstić information content (AvgIpc) is 3.02. The second-order valence-electron chi connectivity index (χ2n) is 7.64. The molecule has 0 amide bonds. The summed E-state index contributed by atoms with van der Waals surface area (Å²) < 4.78 is 44.5. The molecule has 1 aliphatic rings. The van der Waals surface area contributed by atoms with Gasteiger partial charge in [0.2, 0.25) is 0 Å². The number of hydrogen-bond donors (Lipinski definition) is 1. The number of hydrogen-bond acceptors (Lipinski definition) is 5. The molecule has 2 atom stereocenters. The molecule has 1 fully saturated rings. The number of sulfone groups is 1. The van der Waals surface area contributed by atoms with Gasteiger partial charge in [0, 0.05) is 6.04 Å². The first-order valence-electron chi connectivity index (χ1n) is 9.85. The van der Waals surface area contributed by atoms with E-state index in [1.807, 2.05) is 14.0 Å². The van der Waals surface area contributed by atoms with Gasteiger partial charge in [-0.05, 0) is 69.4 Å². The highest BCUT2D eigenvalue weighted by Crippen LogP contribution is 2.26. The number of likely N-dealkylation sites (tertiary alicyclic amines) is 1. The van der Waals surface area contributed by atoms with Crippen molar-refractivity contribution in [3.8, 4) is 5.75 Å². The van der Waals surface area contributed by atoms with Gasteiger partial charge >= 0.3 is 0 Å². The maximum Gasteiger partial charge on any atom is 0.165 e. The maximum absolute atomic E-state index is 14.1. The monoisotopic (exact) mass is 400 g/mol. The van der Waals surface area contributed by atoms with Crippen molar-refractivity contribution in [2.24, 2.45) is 5.73 Å². The third kappa shape index (κ3) is 7.05. The molecule has 2 N–H and O–H groups in total. The van der Waals surface area contributed by atoms with Gasteiger partial charge in [0.25, 0.3) is 0 Å². The van der Waals surface area contributed by atoms with E-state index in [1.165, 1.54) is 6.07 Å². The van der Waals surface area contributed by atoms with Crippen molar-refractivity contribution < 1.29 is 17.5 Å². The molecular formula is C20H33FN2O3S. The van der Waals surface area contributed by atoms with Gasteiger partial charge in [0.15, 0.2) is 21.4 Å². The van der Waals surface area contributed by atoms with Crippen LogP contribution in [0.4, 0.5) is 4.39 Å². The zero-order valence-electron chi connectivity index (χ0n) is 16.5. The van der Waals surface area contributed by atoms with Crippen LogP contribution in [0.1, 0.15) is 50.5 Å². The summed E-state index contributed by atoms with van der Waals surface area (Å²) in [4.78, 5) is 2.22. The van der Waals surface area contributed by atoms with Crippen LogP contribution in [-0.4, -0.2) is 57.6 Å². The Bertz CT molecular complexity index is 696. The van der Waals surface area contributed by atoms with Gasteiger partial charge in [0.1, 0.15) is 6.61 Å². The molecule has 0 radical (unpaired) electrons. The van der Waals surface area contributed by atoms with Crippen LogP contribution >= 0.6 is 0 Å². The number of rotatable bonds is 11. The lowest BCUT2D eigenvalue weighted by molar-refractivity contribution is 0.193. The highest BCUT2D eigenvalue weighted by molar-refractivity contribution is 7.91. The smallest absolute Gasteiger partial charge is 0.165 e. The SMILES string of the molecule is C[C@@H](CS(=O)(=O)CCCCCN)c1ccc(F)c(OC[C@@H]2CCCN2C)c1. The predicted molar refractivity (Wildman–Crippen MR) is 108 cm³/mol. The van der Waals surface area contributed by atoms with E-state index < -0.39 is 15.7 Å². The van der Waals surface area contributed by atoms with Gasteiger partial charge in [-0.3, -0.25) is 0 Å². The Morgan fingerprint density at radius 3 is 2.78 bits per heavy atom. The van der Waals surface area contributed by atoms with Gasteiger partial charge in [-0.2, -0.15) is 0 Å². The lowest BCUT2D eigenvalue weighted by atomic mass is 10.0. The Balaban J connectivity index is 1.94. The summed E-state index contributed by atoms with van der Waals surface area (Å²) in [6.07, 6.45) is 4.50. The quantitative estimate of drug-likeness (QED) is 0.578. The summed E-state index contributed by atoms with van der Waals surface area (Å²) >= 11 is 0. The molecule has 0 unspecified atom stereocenters. The molecule has 1 heterocycles. The number of nitrogens with two attached hydrogens (primary N) is 1. The normalized spacial score (nSPS) is 19.3. The number of nitrogens with zero attached hydrogens (tertiary/aromatic N) is 1. The Labute approximate surface area is 163 Å². The van der Waals surface area contributed by atoms with Crippen LogP contribution in [0.3, 0.4) is 0 Å². The second-order valence-corrected chi connectivity index (χ2v) is 9.87. The van der Waals surface area contributed by atoms with Crippen molar-refractivity contribution in [3.05, 3.63) is 29.6 Å². The lowest BCUT2D eigenvalue weighted by Gasteiger charge is -2.20. The summed E-state index contributed by atoms with van der Waals surface area (Å²) in [6.45, 7) is 3.94. The molecular weight excluding hydrogens is 367 g/mol.